The molecule has 5 heteroatoms. The van der Waals surface area contributed by atoms with Crippen molar-refractivity contribution in [3.63, 3.8) is 0 Å². The number of benzene rings is 1. The summed E-state index contributed by atoms with van der Waals surface area (Å²) >= 11 is 3.41. The second-order valence-electron chi connectivity index (χ2n) is 3.75. The molecule has 92 valence electrons. The predicted molar refractivity (Wildman–Crippen MR) is 83.7 cm³/mol. The molecule has 1 aromatic carbocycles. The van der Waals surface area contributed by atoms with E-state index < -0.39 is 0 Å². The fraction of sp³-hybridized carbons (Fsp3) is 0. The highest BCUT2D eigenvalue weighted by Gasteiger charge is 2.04. The quantitative estimate of drug-likeness (QED) is 0.531. The van der Waals surface area contributed by atoms with Gasteiger partial charge in [0, 0.05) is 22.4 Å². The lowest BCUT2D eigenvalue weighted by Crippen LogP contribution is -1.80. The molecule has 0 bridgehead atoms. The van der Waals surface area contributed by atoms with Crippen LogP contribution in [0.25, 0.3) is 16.9 Å². The van der Waals surface area contributed by atoms with Crippen molar-refractivity contribution in [2.24, 2.45) is 0 Å². The Morgan fingerprint density at radius 2 is 1.72 bits per heavy atom. The van der Waals surface area contributed by atoms with Gasteiger partial charge in [-0.15, -0.1) is 24.0 Å². The van der Waals surface area contributed by atoms with Crippen LogP contribution >= 0.6 is 39.9 Å². The number of pyridine rings is 1. The van der Waals surface area contributed by atoms with Gasteiger partial charge in [0.1, 0.15) is 11.5 Å². The molecule has 0 radical (unpaired) electrons. The monoisotopic (exact) mass is 418 g/mol. The molecule has 18 heavy (non-hydrogen) atoms. The lowest BCUT2D eigenvalue weighted by Gasteiger charge is -1.94. The maximum atomic E-state index is 12.8. The molecule has 0 aliphatic heterocycles. The number of hydrogen-bond acceptors (Lipinski definition) is 1. The van der Waals surface area contributed by atoms with Gasteiger partial charge in [0.05, 0.1) is 5.69 Å². The number of rotatable bonds is 1. The largest absolute Gasteiger partial charge is 0.305 e. The van der Waals surface area contributed by atoms with Crippen molar-refractivity contribution in [1.82, 2.24) is 9.38 Å². The van der Waals surface area contributed by atoms with Gasteiger partial charge in [-0.05, 0) is 52.3 Å². The average Bonchev–Trinajstić information content (AvgIpc) is 2.72. The summed E-state index contributed by atoms with van der Waals surface area (Å²) in [7, 11) is 0. The van der Waals surface area contributed by atoms with E-state index in [0.29, 0.717) is 0 Å². The molecule has 0 unspecified atom stereocenters. The topological polar surface area (TPSA) is 17.3 Å². The van der Waals surface area contributed by atoms with Crippen molar-refractivity contribution in [2.45, 2.75) is 0 Å². The Kier molecular flexibility index (Phi) is 4.01. The van der Waals surface area contributed by atoms with Gasteiger partial charge in [-0.3, -0.25) is 0 Å². The number of hydrogen-bond donors (Lipinski definition) is 0. The zero-order valence-electron chi connectivity index (χ0n) is 9.18. The van der Waals surface area contributed by atoms with Crippen molar-refractivity contribution in [3.8, 4) is 11.3 Å². The maximum Gasteiger partial charge on any atom is 0.137 e. The van der Waals surface area contributed by atoms with Crippen LogP contribution in [0, 0.1) is 5.82 Å². The second kappa shape index (κ2) is 5.36. The highest BCUT2D eigenvalue weighted by Crippen LogP contribution is 2.20. The lowest BCUT2D eigenvalue weighted by atomic mass is 10.2. The van der Waals surface area contributed by atoms with Gasteiger partial charge in [-0.2, -0.15) is 0 Å². The summed E-state index contributed by atoms with van der Waals surface area (Å²) in [5.41, 5.74) is 2.61. The van der Waals surface area contributed by atoms with Crippen molar-refractivity contribution in [1.29, 1.82) is 0 Å². The fourth-order valence-corrected chi connectivity index (χ4v) is 2.08. The first-order valence-electron chi connectivity index (χ1n) is 5.12. The number of imidazole rings is 1. The normalized spacial score (nSPS) is 10.3. The Morgan fingerprint density at radius 3 is 2.44 bits per heavy atom. The number of aromatic nitrogens is 2. The summed E-state index contributed by atoms with van der Waals surface area (Å²) < 4.78 is 15.8. The first-order valence-corrected chi connectivity index (χ1v) is 5.92. The molecular weight excluding hydrogens is 410 g/mol. The van der Waals surface area contributed by atoms with Crippen LogP contribution in [-0.4, -0.2) is 9.38 Å². The molecule has 2 nitrogen and oxygen atoms in total. The van der Waals surface area contributed by atoms with Gasteiger partial charge in [0.2, 0.25) is 0 Å². The maximum absolute atomic E-state index is 12.8. The van der Waals surface area contributed by atoms with Crippen molar-refractivity contribution >= 4 is 45.6 Å². The average molecular weight is 419 g/mol. The van der Waals surface area contributed by atoms with Gasteiger partial charge < -0.3 is 4.40 Å². The summed E-state index contributed by atoms with van der Waals surface area (Å²) in [5, 5.41) is 0. The molecule has 0 aliphatic rings. The third-order valence-electron chi connectivity index (χ3n) is 2.55. The molecule has 0 saturated carbocycles. The molecule has 0 aliphatic carbocycles. The van der Waals surface area contributed by atoms with Crippen LogP contribution < -0.4 is 0 Å². The summed E-state index contributed by atoms with van der Waals surface area (Å²) in [4.78, 5) is 4.47. The van der Waals surface area contributed by atoms with Crippen LogP contribution in [0.1, 0.15) is 0 Å². The van der Waals surface area contributed by atoms with E-state index in [1.807, 2.05) is 28.9 Å². The van der Waals surface area contributed by atoms with E-state index in [1.54, 1.807) is 12.1 Å². The van der Waals surface area contributed by atoms with E-state index in [9.17, 15) is 4.39 Å². The van der Waals surface area contributed by atoms with Gasteiger partial charge in [0.15, 0.2) is 0 Å². The third-order valence-corrected chi connectivity index (χ3v) is 3.02. The van der Waals surface area contributed by atoms with Gasteiger partial charge >= 0.3 is 0 Å². The lowest BCUT2D eigenvalue weighted by molar-refractivity contribution is 0.628. The Balaban J connectivity index is 0.00000120. The highest BCUT2D eigenvalue weighted by atomic mass is 127. The number of halogens is 3. The van der Waals surface area contributed by atoms with E-state index in [1.165, 1.54) is 12.1 Å². The molecule has 2 heterocycles. The fourth-order valence-electron chi connectivity index (χ4n) is 1.72. The first-order chi connectivity index (χ1) is 8.22. The summed E-state index contributed by atoms with van der Waals surface area (Å²) in [5.74, 6) is -0.236. The number of nitrogens with zero attached hydrogens (tertiary/aromatic N) is 2. The summed E-state index contributed by atoms with van der Waals surface area (Å²) in [6.07, 6.45) is 3.86. The summed E-state index contributed by atoms with van der Waals surface area (Å²) in [6, 6.07) is 10.2. The minimum absolute atomic E-state index is 0. The minimum Gasteiger partial charge on any atom is -0.305 e. The second-order valence-corrected chi connectivity index (χ2v) is 4.66. The van der Waals surface area contributed by atoms with Gasteiger partial charge in [-0.1, -0.05) is 0 Å². The molecule has 0 fully saturated rings. The van der Waals surface area contributed by atoms with Crippen LogP contribution in [0.2, 0.25) is 0 Å². The van der Waals surface area contributed by atoms with Gasteiger partial charge in [0.25, 0.3) is 0 Å². The molecule has 0 saturated heterocycles. The van der Waals surface area contributed by atoms with Crippen molar-refractivity contribution < 1.29 is 4.39 Å². The molecule has 0 spiro atoms. The molecular formula is C13H9BrFIN2. The van der Waals surface area contributed by atoms with Crippen LogP contribution in [0.5, 0.6) is 0 Å². The predicted octanol–water partition coefficient (Wildman–Crippen LogP) is 4.52. The zero-order valence-corrected chi connectivity index (χ0v) is 13.1. The van der Waals surface area contributed by atoms with Crippen LogP contribution in [0.3, 0.4) is 0 Å². The van der Waals surface area contributed by atoms with E-state index in [4.69, 9.17) is 0 Å². The van der Waals surface area contributed by atoms with E-state index >= 15 is 0 Å². The highest BCUT2D eigenvalue weighted by molar-refractivity contribution is 14.0. The van der Waals surface area contributed by atoms with Crippen LogP contribution in [0.4, 0.5) is 4.39 Å². The molecule has 3 rings (SSSR count). The van der Waals surface area contributed by atoms with Gasteiger partial charge in [-0.25, -0.2) is 9.37 Å². The Morgan fingerprint density at radius 1 is 1.00 bits per heavy atom. The molecule has 0 atom stereocenters. The zero-order chi connectivity index (χ0) is 11.8. The standard InChI is InChI=1S/C13H8BrFN2.HI/c14-10-3-6-13-16-12(8-17(13)7-10)9-1-4-11(15)5-2-9;/h1-8H;1H. The molecule has 2 aromatic heterocycles. The first kappa shape index (κ1) is 13.5. The van der Waals surface area contributed by atoms with Crippen LogP contribution in [0.15, 0.2) is 53.3 Å². The number of fused-ring (bicyclic) bond motifs is 1. The van der Waals surface area contributed by atoms with Crippen LogP contribution in [-0.2, 0) is 0 Å². The Hall–Kier alpha value is -0.950. The van der Waals surface area contributed by atoms with E-state index in [-0.39, 0.29) is 29.8 Å². The smallest absolute Gasteiger partial charge is 0.137 e. The molecule has 0 N–H and O–H groups in total. The Bertz CT molecular complexity index is 679. The Labute approximate surface area is 129 Å². The SMILES string of the molecule is Fc1ccc(-c2cn3cc(Br)ccc3n2)cc1.I. The van der Waals surface area contributed by atoms with Crippen molar-refractivity contribution in [2.75, 3.05) is 0 Å². The molecule has 0 amide bonds. The van der Waals surface area contributed by atoms with E-state index in [2.05, 4.69) is 20.9 Å². The van der Waals surface area contributed by atoms with Crippen molar-refractivity contribution in [3.05, 3.63) is 59.1 Å². The summed E-state index contributed by atoms with van der Waals surface area (Å²) in [6.45, 7) is 0. The molecule has 3 aromatic rings. The third kappa shape index (κ3) is 2.56. The minimum atomic E-state index is -0.236. The van der Waals surface area contributed by atoms with E-state index in [0.717, 1.165) is 21.4 Å².